The van der Waals surface area contributed by atoms with E-state index in [1.807, 2.05) is 30.3 Å². The molecule has 1 aromatic carbocycles. The van der Waals surface area contributed by atoms with Crippen molar-refractivity contribution >= 4 is 23.3 Å². The number of alkyl halides is 3. The zero-order valence-electron chi connectivity index (χ0n) is 16.5. The molecule has 1 fully saturated rings. The summed E-state index contributed by atoms with van der Waals surface area (Å²) in [6.07, 6.45) is -2.12. The molecule has 4 rings (SSSR count). The Morgan fingerprint density at radius 2 is 2.00 bits per heavy atom. The smallest absolute Gasteiger partial charge is 0.310 e. The van der Waals surface area contributed by atoms with Gasteiger partial charge in [-0.05, 0) is 37.5 Å². The summed E-state index contributed by atoms with van der Waals surface area (Å²) in [6.45, 7) is 1.70. The Morgan fingerprint density at radius 1 is 1.26 bits per heavy atom. The van der Waals surface area contributed by atoms with E-state index < -0.39 is 17.4 Å². The summed E-state index contributed by atoms with van der Waals surface area (Å²) < 4.78 is 40.0. The Morgan fingerprint density at radius 3 is 2.61 bits per heavy atom. The lowest BCUT2D eigenvalue weighted by atomic mass is 9.89. The van der Waals surface area contributed by atoms with Crippen molar-refractivity contribution in [2.75, 3.05) is 5.32 Å². The molecule has 0 bridgehead atoms. The van der Waals surface area contributed by atoms with Gasteiger partial charge in [-0.25, -0.2) is 14.6 Å². The summed E-state index contributed by atoms with van der Waals surface area (Å²) >= 11 is 5.83. The minimum Gasteiger partial charge on any atom is -0.310 e. The van der Waals surface area contributed by atoms with Crippen LogP contribution >= 0.6 is 11.6 Å². The lowest BCUT2D eigenvalue weighted by molar-refractivity contribution is -0.145. The van der Waals surface area contributed by atoms with Crippen molar-refractivity contribution < 1.29 is 18.0 Å². The molecule has 6 nitrogen and oxygen atoms in total. The molecule has 0 saturated heterocycles. The molecule has 2 atom stereocenters. The molecular weight excluding hydrogens is 431 g/mol. The quantitative estimate of drug-likeness (QED) is 0.595. The third-order valence-corrected chi connectivity index (χ3v) is 5.82. The number of amides is 1. The van der Waals surface area contributed by atoms with Crippen molar-refractivity contribution in [3.63, 3.8) is 0 Å². The first-order valence-electron chi connectivity index (χ1n) is 9.66. The molecule has 1 aliphatic rings. The van der Waals surface area contributed by atoms with E-state index >= 15 is 0 Å². The number of carbonyl (C=O) groups is 1. The van der Waals surface area contributed by atoms with Crippen LogP contribution in [-0.2, 0) is 22.9 Å². The number of carbonyl (C=O) groups excluding carboxylic acids is 1. The molecule has 1 saturated carbocycles. The SMILES string of the molecule is Cc1nc(C(F)(F)F)nn1CCC1(c2ccccc2)CC1C(=O)Nc1ccc(Cl)cn1. The van der Waals surface area contributed by atoms with E-state index in [0.29, 0.717) is 23.7 Å². The van der Waals surface area contributed by atoms with Crippen LogP contribution in [0.3, 0.4) is 0 Å². The number of hydrogen-bond acceptors (Lipinski definition) is 4. The highest BCUT2D eigenvalue weighted by atomic mass is 35.5. The fourth-order valence-corrected chi connectivity index (χ4v) is 3.99. The summed E-state index contributed by atoms with van der Waals surface area (Å²) in [5, 5.41) is 6.87. The van der Waals surface area contributed by atoms with Gasteiger partial charge in [0.2, 0.25) is 5.91 Å². The molecule has 0 radical (unpaired) electrons. The van der Waals surface area contributed by atoms with Crippen molar-refractivity contribution in [3.05, 3.63) is 70.9 Å². The Labute approximate surface area is 181 Å². The zero-order chi connectivity index (χ0) is 22.2. The monoisotopic (exact) mass is 449 g/mol. The van der Waals surface area contributed by atoms with Gasteiger partial charge < -0.3 is 5.32 Å². The number of pyridine rings is 1. The van der Waals surface area contributed by atoms with Gasteiger partial charge in [-0.1, -0.05) is 41.9 Å². The number of aromatic nitrogens is 4. The number of hydrogen-bond donors (Lipinski definition) is 1. The fourth-order valence-electron chi connectivity index (χ4n) is 3.88. The van der Waals surface area contributed by atoms with E-state index in [1.54, 1.807) is 12.1 Å². The third kappa shape index (κ3) is 4.41. The predicted octanol–water partition coefficient (Wildman–Crippen LogP) is 4.64. The van der Waals surface area contributed by atoms with E-state index in [2.05, 4.69) is 20.4 Å². The average Bonchev–Trinajstić information content (AvgIpc) is 3.36. The van der Waals surface area contributed by atoms with Crippen LogP contribution in [0.5, 0.6) is 0 Å². The van der Waals surface area contributed by atoms with Gasteiger partial charge in [-0.2, -0.15) is 13.2 Å². The van der Waals surface area contributed by atoms with Crippen LogP contribution in [0.4, 0.5) is 19.0 Å². The normalized spacial score (nSPS) is 20.5. The van der Waals surface area contributed by atoms with Gasteiger partial charge in [-0.15, -0.1) is 5.10 Å². The predicted molar refractivity (Wildman–Crippen MR) is 108 cm³/mol. The van der Waals surface area contributed by atoms with Crippen molar-refractivity contribution in [1.82, 2.24) is 19.7 Å². The standard InChI is InChI=1S/C21H19ClF3N5O/c1-13-27-19(21(23,24)25)29-30(13)10-9-20(14-5-3-2-4-6-14)11-16(20)18(31)28-17-8-7-15(22)12-26-17/h2-8,12,16H,9-11H2,1H3,(H,26,28,31). The second kappa shape index (κ2) is 7.96. The number of nitrogens with zero attached hydrogens (tertiary/aromatic N) is 4. The Bertz CT molecular complexity index is 1080. The Hall–Kier alpha value is -2.94. The van der Waals surface area contributed by atoms with Gasteiger partial charge in [0.25, 0.3) is 5.82 Å². The van der Waals surface area contributed by atoms with Crippen LogP contribution in [0, 0.1) is 12.8 Å². The molecule has 10 heteroatoms. The maximum Gasteiger partial charge on any atom is 0.453 e. The van der Waals surface area contributed by atoms with Gasteiger partial charge in [0, 0.05) is 24.1 Å². The van der Waals surface area contributed by atoms with Crippen molar-refractivity contribution in [2.45, 2.75) is 37.9 Å². The Balaban J connectivity index is 1.53. The molecule has 1 amide bonds. The van der Waals surface area contributed by atoms with Crippen LogP contribution < -0.4 is 5.32 Å². The highest BCUT2D eigenvalue weighted by Crippen LogP contribution is 2.57. The van der Waals surface area contributed by atoms with Crippen molar-refractivity contribution in [3.8, 4) is 0 Å². The molecule has 3 aromatic rings. The zero-order valence-corrected chi connectivity index (χ0v) is 17.3. The number of halogens is 4. The molecule has 162 valence electrons. The maximum atomic E-state index is 12.9. The van der Waals surface area contributed by atoms with E-state index in [9.17, 15) is 18.0 Å². The highest BCUT2D eigenvalue weighted by molar-refractivity contribution is 6.30. The van der Waals surface area contributed by atoms with Crippen molar-refractivity contribution in [2.24, 2.45) is 5.92 Å². The van der Waals surface area contributed by atoms with Gasteiger partial charge in [0.15, 0.2) is 0 Å². The largest absolute Gasteiger partial charge is 0.453 e. The number of anilines is 1. The number of nitrogens with one attached hydrogen (secondary N) is 1. The lowest BCUT2D eigenvalue weighted by Crippen LogP contribution is -2.23. The summed E-state index contributed by atoms with van der Waals surface area (Å²) in [4.78, 5) is 20.5. The number of aryl methyl sites for hydroxylation is 2. The minimum absolute atomic E-state index is 0.183. The van der Waals surface area contributed by atoms with E-state index in [0.717, 1.165) is 5.56 Å². The van der Waals surface area contributed by atoms with Gasteiger partial charge in [0.1, 0.15) is 11.6 Å². The third-order valence-electron chi connectivity index (χ3n) is 5.60. The highest BCUT2D eigenvalue weighted by Gasteiger charge is 2.58. The van der Waals surface area contributed by atoms with Crippen LogP contribution in [0.2, 0.25) is 5.02 Å². The minimum atomic E-state index is -4.60. The molecule has 0 aliphatic heterocycles. The van der Waals surface area contributed by atoms with Crippen LogP contribution in [0.25, 0.3) is 0 Å². The average molecular weight is 450 g/mol. The fraction of sp³-hybridized carbons (Fsp3) is 0.333. The number of rotatable bonds is 6. The van der Waals surface area contributed by atoms with Crippen molar-refractivity contribution in [1.29, 1.82) is 0 Å². The summed E-state index contributed by atoms with van der Waals surface area (Å²) in [7, 11) is 0. The Kier molecular flexibility index (Phi) is 5.47. The molecule has 2 aromatic heterocycles. The second-order valence-electron chi connectivity index (χ2n) is 7.58. The van der Waals surface area contributed by atoms with Crippen LogP contribution in [0.15, 0.2) is 48.7 Å². The lowest BCUT2D eigenvalue weighted by Gasteiger charge is -2.18. The topological polar surface area (TPSA) is 72.7 Å². The molecule has 1 aliphatic carbocycles. The first kappa shape index (κ1) is 21.3. The maximum absolute atomic E-state index is 12.9. The summed E-state index contributed by atoms with van der Waals surface area (Å²) in [5.74, 6) is -1.10. The van der Waals surface area contributed by atoms with E-state index in [1.165, 1.54) is 17.8 Å². The van der Waals surface area contributed by atoms with E-state index in [4.69, 9.17) is 11.6 Å². The molecule has 2 unspecified atom stereocenters. The van der Waals surface area contributed by atoms with Gasteiger partial charge >= 0.3 is 6.18 Å². The molecule has 0 spiro atoms. The van der Waals surface area contributed by atoms with Crippen LogP contribution in [-0.4, -0.2) is 25.7 Å². The van der Waals surface area contributed by atoms with Gasteiger partial charge in [-0.3, -0.25) is 4.79 Å². The molecule has 2 heterocycles. The first-order chi connectivity index (χ1) is 14.7. The second-order valence-corrected chi connectivity index (χ2v) is 8.02. The summed E-state index contributed by atoms with van der Waals surface area (Å²) in [6, 6.07) is 12.8. The summed E-state index contributed by atoms with van der Waals surface area (Å²) in [5.41, 5.74) is 0.474. The van der Waals surface area contributed by atoms with Gasteiger partial charge in [0.05, 0.1) is 5.02 Å². The number of benzene rings is 1. The van der Waals surface area contributed by atoms with Crippen LogP contribution in [0.1, 0.15) is 30.1 Å². The molecular formula is C21H19ClF3N5O. The van der Waals surface area contributed by atoms with E-state index in [-0.39, 0.29) is 24.2 Å². The molecule has 1 N–H and O–H groups in total. The molecule has 31 heavy (non-hydrogen) atoms. The first-order valence-corrected chi connectivity index (χ1v) is 10.0.